The number of hydrogen-bond acceptors (Lipinski definition) is 3. The van der Waals surface area contributed by atoms with Crippen LogP contribution in [-0.2, 0) is 0 Å². The molecule has 1 saturated carbocycles. The predicted molar refractivity (Wildman–Crippen MR) is 83.0 cm³/mol. The first kappa shape index (κ1) is 14.4. The summed E-state index contributed by atoms with van der Waals surface area (Å²) in [6.07, 6.45) is 5.79. The van der Waals surface area contributed by atoms with E-state index in [9.17, 15) is 5.11 Å². The Morgan fingerprint density at radius 3 is 2.71 bits per heavy atom. The van der Waals surface area contributed by atoms with Gasteiger partial charge in [0.05, 0.1) is 18.4 Å². The van der Waals surface area contributed by atoms with Crippen LogP contribution in [0.25, 0.3) is 0 Å². The van der Waals surface area contributed by atoms with Crippen LogP contribution in [0.3, 0.4) is 0 Å². The van der Waals surface area contributed by atoms with Crippen molar-refractivity contribution in [3.05, 3.63) is 60.1 Å². The Bertz CT molecular complexity index is 523. The highest BCUT2D eigenvalue weighted by Gasteiger charge is 2.22. The van der Waals surface area contributed by atoms with Crippen LogP contribution in [0, 0.1) is 5.92 Å². The van der Waals surface area contributed by atoms with E-state index in [1.165, 1.54) is 12.0 Å². The highest BCUT2D eigenvalue weighted by Crippen LogP contribution is 2.26. The minimum atomic E-state index is -0.121. The molecule has 3 atom stereocenters. The summed E-state index contributed by atoms with van der Waals surface area (Å²) in [6.45, 7) is 0.914. The van der Waals surface area contributed by atoms with Gasteiger partial charge in [0.25, 0.3) is 0 Å². The topological polar surface area (TPSA) is 45.4 Å². The van der Waals surface area contributed by atoms with Crippen molar-refractivity contribution in [2.24, 2.45) is 5.92 Å². The number of rotatable bonds is 5. The zero-order chi connectivity index (χ0) is 14.5. The van der Waals surface area contributed by atoms with Crippen molar-refractivity contribution in [1.29, 1.82) is 0 Å². The van der Waals surface area contributed by atoms with Gasteiger partial charge in [0, 0.05) is 0 Å². The van der Waals surface area contributed by atoms with Crippen LogP contribution in [-0.4, -0.2) is 17.8 Å². The Kier molecular flexibility index (Phi) is 4.73. The molecule has 3 heteroatoms. The maximum absolute atomic E-state index is 9.80. The molecule has 3 rings (SSSR count). The summed E-state index contributed by atoms with van der Waals surface area (Å²) in [5, 5.41) is 13.4. The van der Waals surface area contributed by atoms with E-state index in [1.54, 1.807) is 6.26 Å². The van der Waals surface area contributed by atoms with Gasteiger partial charge >= 0.3 is 0 Å². The Balaban J connectivity index is 1.68. The number of aliphatic hydroxyl groups excluding tert-OH is 1. The standard InChI is InChI=1S/C18H23NO2/c20-16-9-4-6-14(12-16)13-19-18(17-10-5-11-21-17)15-7-2-1-3-8-15/h1-3,5,7-8,10-11,14,16,18-20H,4,6,9,12-13H2. The summed E-state index contributed by atoms with van der Waals surface area (Å²) >= 11 is 0. The van der Waals surface area contributed by atoms with Gasteiger partial charge in [0.2, 0.25) is 0 Å². The minimum absolute atomic E-state index is 0.0836. The van der Waals surface area contributed by atoms with Gasteiger partial charge < -0.3 is 14.8 Å². The third-order valence-corrected chi connectivity index (χ3v) is 4.33. The van der Waals surface area contributed by atoms with Crippen LogP contribution in [0.1, 0.15) is 43.0 Å². The van der Waals surface area contributed by atoms with Crippen LogP contribution >= 0.6 is 0 Å². The molecule has 1 aliphatic rings. The lowest BCUT2D eigenvalue weighted by Crippen LogP contribution is -2.32. The molecule has 21 heavy (non-hydrogen) atoms. The first-order valence-electron chi connectivity index (χ1n) is 7.82. The lowest BCUT2D eigenvalue weighted by molar-refractivity contribution is 0.0998. The fraction of sp³-hybridized carbons (Fsp3) is 0.444. The number of benzene rings is 1. The van der Waals surface area contributed by atoms with Gasteiger partial charge in [-0.1, -0.05) is 36.8 Å². The summed E-state index contributed by atoms with van der Waals surface area (Å²) in [7, 11) is 0. The van der Waals surface area contributed by atoms with Crippen molar-refractivity contribution in [2.45, 2.75) is 37.8 Å². The van der Waals surface area contributed by atoms with Crippen molar-refractivity contribution in [3.63, 3.8) is 0 Å². The van der Waals surface area contributed by atoms with Crippen molar-refractivity contribution >= 4 is 0 Å². The molecule has 1 aromatic carbocycles. The SMILES string of the molecule is OC1CCCC(CNC(c2ccccc2)c2ccco2)C1. The molecule has 0 aliphatic heterocycles. The summed E-state index contributed by atoms with van der Waals surface area (Å²) < 4.78 is 5.60. The van der Waals surface area contributed by atoms with Gasteiger partial charge in [-0.15, -0.1) is 0 Å². The monoisotopic (exact) mass is 285 g/mol. The summed E-state index contributed by atoms with van der Waals surface area (Å²) in [5.41, 5.74) is 1.21. The minimum Gasteiger partial charge on any atom is -0.467 e. The molecular formula is C18H23NO2. The van der Waals surface area contributed by atoms with Crippen LogP contribution < -0.4 is 5.32 Å². The summed E-state index contributed by atoms with van der Waals surface area (Å²) in [6, 6.07) is 14.4. The normalized spacial score (nSPS) is 23.9. The lowest BCUT2D eigenvalue weighted by atomic mass is 9.87. The molecule has 0 bridgehead atoms. The Morgan fingerprint density at radius 2 is 2.00 bits per heavy atom. The molecule has 0 amide bonds. The van der Waals surface area contributed by atoms with Gasteiger partial charge in [0.1, 0.15) is 5.76 Å². The van der Waals surface area contributed by atoms with E-state index < -0.39 is 0 Å². The molecule has 0 spiro atoms. The molecule has 3 nitrogen and oxygen atoms in total. The second-order valence-electron chi connectivity index (χ2n) is 5.95. The average molecular weight is 285 g/mol. The van der Waals surface area contributed by atoms with E-state index in [2.05, 4.69) is 29.6 Å². The Labute approximate surface area is 126 Å². The van der Waals surface area contributed by atoms with Gasteiger partial charge in [-0.2, -0.15) is 0 Å². The van der Waals surface area contributed by atoms with E-state index in [1.807, 2.05) is 18.2 Å². The lowest BCUT2D eigenvalue weighted by Gasteiger charge is -2.28. The molecule has 2 N–H and O–H groups in total. The fourth-order valence-electron chi connectivity index (χ4n) is 3.22. The molecule has 0 radical (unpaired) electrons. The van der Waals surface area contributed by atoms with E-state index in [4.69, 9.17) is 4.42 Å². The second kappa shape index (κ2) is 6.92. The van der Waals surface area contributed by atoms with Crippen molar-refractivity contribution < 1.29 is 9.52 Å². The van der Waals surface area contributed by atoms with Crippen molar-refractivity contribution in [1.82, 2.24) is 5.32 Å². The maximum Gasteiger partial charge on any atom is 0.125 e. The van der Waals surface area contributed by atoms with E-state index in [0.29, 0.717) is 5.92 Å². The van der Waals surface area contributed by atoms with Gasteiger partial charge in [0.15, 0.2) is 0 Å². The number of hydrogen-bond donors (Lipinski definition) is 2. The fourth-order valence-corrected chi connectivity index (χ4v) is 3.22. The largest absolute Gasteiger partial charge is 0.467 e. The molecule has 1 fully saturated rings. The Hall–Kier alpha value is -1.58. The zero-order valence-electron chi connectivity index (χ0n) is 12.2. The van der Waals surface area contributed by atoms with Crippen LogP contribution in [0.4, 0.5) is 0 Å². The molecule has 112 valence electrons. The first-order chi connectivity index (χ1) is 10.3. The van der Waals surface area contributed by atoms with Gasteiger partial charge in [-0.3, -0.25) is 0 Å². The van der Waals surface area contributed by atoms with Crippen molar-refractivity contribution in [2.75, 3.05) is 6.54 Å². The third kappa shape index (κ3) is 3.74. The van der Waals surface area contributed by atoms with Crippen LogP contribution in [0.5, 0.6) is 0 Å². The summed E-state index contributed by atoms with van der Waals surface area (Å²) in [5.74, 6) is 1.49. The summed E-state index contributed by atoms with van der Waals surface area (Å²) in [4.78, 5) is 0. The molecule has 2 aromatic rings. The number of furan rings is 1. The molecule has 0 saturated heterocycles. The molecule has 1 heterocycles. The molecule has 1 aliphatic carbocycles. The quantitative estimate of drug-likeness (QED) is 0.883. The van der Waals surface area contributed by atoms with Crippen LogP contribution in [0.15, 0.2) is 53.1 Å². The van der Waals surface area contributed by atoms with E-state index in [-0.39, 0.29) is 12.1 Å². The number of nitrogens with one attached hydrogen (secondary N) is 1. The molecular weight excluding hydrogens is 262 g/mol. The molecule has 1 aromatic heterocycles. The highest BCUT2D eigenvalue weighted by molar-refractivity contribution is 5.26. The average Bonchev–Trinajstić information content (AvgIpc) is 3.03. The zero-order valence-corrected chi connectivity index (χ0v) is 12.2. The Morgan fingerprint density at radius 1 is 1.14 bits per heavy atom. The van der Waals surface area contributed by atoms with Crippen molar-refractivity contribution in [3.8, 4) is 0 Å². The van der Waals surface area contributed by atoms with Gasteiger partial charge in [-0.05, 0) is 49.4 Å². The predicted octanol–water partition coefficient (Wildman–Crippen LogP) is 3.51. The smallest absolute Gasteiger partial charge is 0.125 e. The first-order valence-corrected chi connectivity index (χ1v) is 7.82. The van der Waals surface area contributed by atoms with Crippen LogP contribution in [0.2, 0.25) is 0 Å². The van der Waals surface area contributed by atoms with E-state index >= 15 is 0 Å². The maximum atomic E-state index is 9.80. The van der Waals surface area contributed by atoms with Gasteiger partial charge in [-0.25, -0.2) is 0 Å². The third-order valence-electron chi connectivity index (χ3n) is 4.33. The second-order valence-corrected chi connectivity index (χ2v) is 5.95. The number of aliphatic hydroxyl groups is 1. The highest BCUT2D eigenvalue weighted by atomic mass is 16.3. The van der Waals surface area contributed by atoms with E-state index in [0.717, 1.165) is 31.6 Å². The molecule has 3 unspecified atom stereocenters.